The summed E-state index contributed by atoms with van der Waals surface area (Å²) in [6.45, 7) is 5.68. The third-order valence-corrected chi connectivity index (χ3v) is 4.10. The number of nitrogens with one attached hydrogen (secondary N) is 3. The van der Waals surface area contributed by atoms with E-state index in [4.69, 9.17) is 4.74 Å². The fraction of sp³-hybridized carbons (Fsp3) is 0.286. The minimum absolute atomic E-state index is 0.00843. The Kier molecular flexibility index (Phi) is 7.56. The topological polar surface area (TPSA) is 96.5 Å². The maximum Gasteiger partial charge on any atom is 0.276 e. The quantitative estimate of drug-likeness (QED) is 0.640. The molecule has 0 atom stereocenters. The molecule has 2 aromatic rings. The zero-order valence-corrected chi connectivity index (χ0v) is 16.3. The van der Waals surface area contributed by atoms with E-state index in [1.165, 1.54) is 0 Å². The van der Waals surface area contributed by atoms with Crippen molar-refractivity contribution in [3.8, 4) is 5.75 Å². The average Bonchev–Trinajstić information content (AvgIpc) is 2.67. The molecule has 2 aromatic carbocycles. The summed E-state index contributed by atoms with van der Waals surface area (Å²) in [6, 6.07) is 12.9. The highest BCUT2D eigenvalue weighted by Crippen LogP contribution is 2.14. The number of ether oxygens (including phenoxy) is 1. The minimum Gasteiger partial charge on any atom is -0.484 e. The molecule has 3 N–H and O–H groups in total. The molecule has 0 unspecified atom stereocenters. The lowest BCUT2D eigenvalue weighted by molar-refractivity contribution is -0.130. The van der Waals surface area contributed by atoms with Gasteiger partial charge in [0, 0.05) is 18.5 Å². The Balaban J connectivity index is 1.64. The van der Waals surface area contributed by atoms with E-state index < -0.39 is 11.8 Å². The van der Waals surface area contributed by atoms with Crippen LogP contribution in [-0.2, 0) is 14.4 Å². The molecule has 0 fully saturated rings. The molecule has 0 aromatic heterocycles. The van der Waals surface area contributed by atoms with Gasteiger partial charge in [0.15, 0.2) is 6.61 Å². The Morgan fingerprint density at radius 2 is 1.43 bits per heavy atom. The summed E-state index contributed by atoms with van der Waals surface area (Å²) in [5.74, 6) is -0.657. The van der Waals surface area contributed by atoms with Crippen molar-refractivity contribution in [3.63, 3.8) is 0 Å². The van der Waals surface area contributed by atoms with Gasteiger partial charge in [0.25, 0.3) is 5.91 Å². The number of carbonyl (C=O) groups is 3. The fourth-order valence-corrected chi connectivity index (χ4v) is 2.29. The van der Waals surface area contributed by atoms with Crippen molar-refractivity contribution >= 4 is 23.4 Å². The van der Waals surface area contributed by atoms with E-state index in [2.05, 4.69) is 16.2 Å². The monoisotopic (exact) mass is 383 g/mol. The van der Waals surface area contributed by atoms with E-state index in [1.54, 1.807) is 12.1 Å². The van der Waals surface area contributed by atoms with Crippen molar-refractivity contribution < 1.29 is 19.1 Å². The van der Waals surface area contributed by atoms with E-state index in [-0.39, 0.29) is 25.4 Å². The van der Waals surface area contributed by atoms with E-state index in [9.17, 15) is 14.4 Å². The van der Waals surface area contributed by atoms with Crippen LogP contribution in [0.2, 0.25) is 0 Å². The smallest absolute Gasteiger partial charge is 0.276 e. The Labute approximate surface area is 164 Å². The first-order valence-electron chi connectivity index (χ1n) is 8.98. The molecule has 0 radical (unpaired) electrons. The van der Waals surface area contributed by atoms with Crippen LogP contribution in [0.5, 0.6) is 5.75 Å². The van der Waals surface area contributed by atoms with Crippen LogP contribution in [0.4, 0.5) is 5.69 Å². The lowest BCUT2D eigenvalue weighted by atomic mass is 10.1. The number of benzene rings is 2. The molecule has 28 heavy (non-hydrogen) atoms. The molecule has 148 valence electrons. The standard InChI is InChI=1S/C21H25N3O4/c1-14-4-8-18(9-5-14)28-13-21(27)24-23-20(26)11-10-19(25)22-17-7-6-15(2)16(3)12-17/h4-9,12H,10-11,13H2,1-3H3,(H,22,25)(H,23,26)(H,24,27). The lowest BCUT2D eigenvalue weighted by Crippen LogP contribution is -2.44. The van der Waals surface area contributed by atoms with Crippen LogP contribution in [0.15, 0.2) is 42.5 Å². The Hall–Kier alpha value is -3.35. The lowest BCUT2D eigenvalue weighted by Gasteiger charge is -2.10. The molecule has 0 spiro atoms. The van der Waals surface area contributed by atoms with Gasteiger partial charge < -0.3 is 10.1 Å². The SMILES string of the molecule is Cc1ccc(OCC(=O)NNC(=O)CCC(=O)Nc2ccc(C)c(C)c2)cc1. The molecule has 0 aliphatic carbocycles. The number of aryl methyl sites for hydroxylation is 3. The first-order valence-corrected chi connectivity index (χ1v) is 8.98. The van der Waals surface area contributed by atoms with Gasteiger partial charge in [0.2, 0.25) is 11.8 Å². The van der Waals surface area contributed by atoms with Gasteiger partial charge in [-0.1, -0.05) is 23.8 Å². The zero-order valence-electron chi connectivity index (χ0n) is 16.3. The van der Waals surface area contributed by atoms with Gasteiger partial charge in [-0.3, -0.25) is 25.2 Å². The van der Waals surface area contributed by atoms with Crippen LogP contribution in [0.3, 0.4) is 0 Å². The van der Waals surface area contributed by atoms with E-state index in [0.29, 0.717) is 11.4 Å². The number of amides is 3. The van der Waals surface area contributed by atoms with Crippen LogP contribution in [0.1, 0.15) is 29.5 Å². The molecule has 0 aliphatic heterocycles. The number of anilines is 1. The van der Waals surface area contributed by atoms with E-state index in [0.717, 1.165) is 16.7 Å². The molecule has 7 nitrogen and oxygen atoms in total. The van der Waals surface area contributed by atoms with Crippen molar-refractivity contribution in [2.24, 2.45) is 0 Å². The Morgan fingerprint density at radius 3 is 2.11 bits per heavy atom. The summed E-state index contributed by atoms with van der Waals surface area (Å²) >= 11 is 0. The van der Waals surface area contributed by atoms with Gasteiger partial charge in [-0.15, -0.1) is 0 Å². The van der Waals surface area contributed by atoms with Gasteiger partial charge in [-0.05, 0) is 56.2 Å². The number of hydrogen-bond acceptors (Lipinski definition) is 4. The summed E-state index contributed by atoms with van der Waals surface area (Å²) in [6.07, 6.45) is -0.0374. The minimum atomic E-state index is -0.492. The number of carbonyl (C=O) groups excluding carboxylic acids is 3. The third-order valence-electron chi connectivity index (χ3n) is 4.10. The summed E-state index contributed by atoms with van der Waals surface area (Å²) < 4.78 is 5.31. The third kappa shape index (κ3) is 7.11. The zero-order chi connectivity index (χ0) is 20.5. The molecular weight excluding hydrogens is 358 g/mol. The highest BCUT2D eigenvalue weighted by atomic mass is 16.5. The second-order valence-corrected chi connectivity index (χ2v) is 6.55. The second kappa shape index (κ2) is 10.1. The Morgan fingerprint density at radius 1 is 0.786 bits per heavy atom. The molecule has 0 saturated heterocycles. The van der Waals surface area contributed by atoms with E-state index >= 15 is 0 Å². The number of rotatable bonds is 7. The van der Waals surface area contributed by atoms with Gasteiger partial charge in [0.05, 0.1) is 0 Å². The van der Waals surface area contributed by atoms with Crippen molar-refractivity contribution in [1.82, 2.24) is 10.9 Å². The Bertz CT molecular complexity index is 847. The number of hydrazine groups is 1. The van der Waals surface area contributed by atoms with Gasteiger partial charge in [-0.2, -0.15) is 0 Å². The summed E-state index contributed by atoms with van der Waals surface area (Å²) in [5, 5.41) is 2.75. The predicted molar refractivity (Wildman–Crippen MR) is 107 cm³/mol. The first-order chi connectivity index (χ1) is 13.3. The molecule has 3 amide bonds. The summed E-state index contributed by atoms with van der Waals surface area (Å²) in [7, 11) is 0. The van der Waals surface area contributed by atoms with E-state index in [1.807, 2.05) is 51.1 Å². The highest BCUT2D eigenvalue weighted by Gasteiger charge is 2.09. The normalized spacial score (nSPS) is 10.1. The van der Waals surface area contributed by atoms with Crippen molar-refractivity contribution in [1.29, 1.82) is 0 Å². The van der Waals surface area contributed by atoms with Crippen molar-refractivity contribution in [2.45, 2.75) is 33.6 Å². The van der Waals surface area contributed by atoms with Crippen LogP contribution in [-0.4, -0.2) is 24.3 Å². The van der Waals surface area contributed by atoms with Crippen LogP contribution in [0.25, 0.3) is 0 Å². The molecule has 7 heteroatoms. The van der Waals surface area contributed by atoms with Crippen LogP contribution < -0.4 is 20.9 Å². The van der Waals surface area contributed by atoms with Crippen molar-refractivity contribution in [3.05, 3.63) is 59.2 Å². The maximum atomic E-state index is 11.9. The van der Waals surface area contributed by atoms with Crippen LogP contribution >= 0.6 is 0 Å². The molecule has 0 heterocycles. The van der Waals surface area contributed by atoms with Crippen molar-refractivity contribution in [2.75, 3.05) is 11.9 Å². The average molecular weight is 383 g/mol. The van der Waals surface area contributed by atoms with Gasteiger partial charge >= 0.3 is 0 Å². The predicted octanol–water partition coefficient (Wildman–Crippen LogP) is 2.56. The number of hydrogen-bond donors (Lipinski definition) is 3. The molecule has 0 saturated carbocycles. The molecule has 0 bridgehead atoms. The van der Waals surface area contributed by atoms with Gasteiger partial charge in [-0.25, -0.2) is 0 Å². The van der Waals surface area contributed by atoms with Crippen LogP contribution in [0, 0.1) is 20.8 Å². The summed E-state index contributed by atoms with van der Waals surface area (Å²) in [4.78, 5) is 35.4. The maximum absolute atomic E-state index is 11.9. The molecule has 2 rings (SSSR count). The molecular formula is C21H25N3O4. The highest BCUT2D eigenvalue weighted by molar-refractivity contribution is 5.93. The first kappa shape index (κ1) is 21.0. The summed E-state index contributed by atoms with van der Waals surface area (Å²) in [5.41, 5.74) is 8.51. The van der Waals surface area contributed by atoms with Gasteiger partial charge in [0.1, 0.15) is 5.75 Å². The second-order valence-electron chi connectivity index (χ2n) is 6.55. The molecule has 0 aliphatic rings. The largest absolute Gasteiger partial charge is 0.484 e. The fourth-order valence-electron chi connectivity index (χ4n) is 2.29.